The number of halogens is 2. The van der Waals surface area contributed by atoms with Gasteiger partial charge in [0.2, 0.25) is 0 Å². The number of hydrogen-bond acceptors (Lipinski definition) is 2. The van der Waals surface area contributed by atoms with Gasteiger partial charge in [0.15, 0.2) is 11.6 Å². The Bertz CT molecular complexity index is 531. The number of nitrogens with one attached hydrogen (secondary N) is 1. The third-order valence-corrected chi connectivity index (χ3v) is 2.72. The lowest BCUT2D eigenvalue weighted by Gasteiger charge is -2.19. The van der Waals surface area contributed by atoms with E-state index in [-0.39, 0.29) is 11.9 Å². The van der Waals surface area contributed by atoms with Crippen LogP contribution in [-0.2, 0) is 0 Å². The summed E-state index contributed by atoms with van der Waals surface area (Å²) in [6.45, 7) is 0.500. The van der Waals surface area contributed by atoms with E-state index in [1.165, 1.54) is 0 Å². The maximum Gasteiger partial charge on any atom is 0.165 e. The van der Waals surface area contributed by atoms with Crippen molar-refractivity contribution in [2.45, 2.75) is 6.10 Å². The Labute approximate surface area is 111 Å². The average molecular weight is 263 g/mol. The van der Waals surface area contributed by atoms with Crippen molar-refractivity contribution < 1.29 is 13.5 Å². The average Bonchev–Trinajstić information content (AvgIpc) is 2.43. The minimum atomic E-state index is -0.571. The third-order valence-electron chi connectivity index (χ3n) is 2.72. The van der Waals surface area contributed by atoms with Crippen molar-refractivity contribution in [1.29, 1.82) is 0 Å². The highest BCUT2D eigenvalue weighted by Crippen LogP contribution is 2.25. The smallest absolute Gasteiger partial charge is 0.165 e. The first kappa shape index (κ1) is 13.5. The molecule has 0 amide bonds. The molecule has 2 aromatic rings. The lowest BCUT2D eigenvalue weighted by molar-refractivity contribution is 0.195. The van der Waals surface area contributed by atoms with Gasteiger partial charge < -0.3 is 10.1 Å². The van der Waals surface area contributed by atoms with Crippen molar-refractivity contribution >= 4 is 0 Å². The van der Waals surface area contributed by atoms with Gasteiger partial charge in [0.05, 0.1) is 0 Å². The Morgan fingerprint density at radius 3 is 2.53 bits per heavy atom. The molecule has 0 aliphatic heterocycles. The van der Waals surface area contributed by atoms with Crippen LogP contribution in [0.2, 0.25) is 0 Å². The number of rotatable bonds is 5. The van der Waals surface area contributed by atoms with E-state index in [4.69, 9.17) is 4.74 Å². The molecule has 2 rings (SSSR count). The predicted octanol–water partition coefficient (Wildman–Crippen LogP) is 3.30. The molecule has 1 N–H and O–H groups in total. The third kappa shape index (κ3) is 3.51. The summed E-state index contributed by atoms with van der Waals surface area (Å²) in [6, 6.07) is 12.6. The number of ether oxygens (including phenoxy) is 1. The lowest BCUT2D eigenvalue weighted by atomic mass is 10.1. The number of benzene rings is 2. The van der Waals surface area contributed by atoms with E-state index >= 15 is 0 Å². The Hall–Kier alpha value is -1.94. The lowest BCUT2D eigenvalue weighted by Crippen LogP contribution is -2.22. The fraction of sp³-hybridized carbons (Fsp3) is 0.200. The molecule has 0 radical (unpaired) electrons. The standard InChI is InChI=1S/C15H15F2NO/c1-18-10-15(11-5-3-2-4-6-11)19-14-9-12(16)7-8-13(14)17/h2-9,15,18H,10H2,1H3. The minimum absolute atomic E-state index is 0.0795. The zero-order chi connectivity index (χ0) is 13.7. The fourth-order valence-electron chi connectivity index (χ4n) is 1.80. The highest BCUT2D eigenvalue weighted by molar-refractivity contribution is 5.27. The van der Waals surface area contributed by atoms with Crippen LogP contribution in [0.5, 0.6) is 5.75 Å². The van der Waals surface area contributed by atoms with Gasteiger partial charge in [0.25, 0.3) is 0 Å². The fourth-order valence-corrected chi connectivity index (χ4v) is 1.80. The predicted molar refractivity (Wildman–Crippen MR) is 70.1 cm³/mol. The highest BCUT2D eigenvalue weighted by Gasteiger charge is 2.15. The van der Waals surface area contributed by atoms with Gasteiger partial charge in [0, 0.05) is 12.6 Å². The summed E-state index contributed by atoms with van der Waals surface area (Å²) in [7, 11) is 1.78. The van der Waals surface area contributed by atoms with Crippen LogP contribution >= 0.6 is 0 Å². The monoisotopic (exact) mass is 263 g/mol. The van der Waals surface area contributed by atoms with E-state index in [2.05, 4.69) is 5.32 Å². The zero-order valence-electron chi connectivity index (χ0n) is 10.6. The molecule has 0 saturated carbocycles. The van der Waals surface area contributed by atoms with E-state index in [0.29, 0.717) is 6.54 Å². The van der Waals surface area contributed by atoms with Crippen molar-refractivity contribution in [3.63, 3.8) is 0 Å². The quantitative estimate of drug-likeness (QED) is 0.893. The Balaban J connectivity index is 2.24. The van der Waals surface area contributed by atoms with Crippen molar-refractivity contribution in [2.75, 3.05) is 13.6 Å². The molecule has 2 nitrogen and oxygen atoms in total. The molecule has 0 aromatic heterocycles. The second-order valence-corrected chi connectivity index (χ2v) is 4.15. The molecule has 19 heavy (non-hydrogen) atoms. The van der Waals surface area contributed by atoms with E-state index in [9.17, 15) is 8.78 Å². The van der Waals surface area contributed by atoms with Gasteiger partial charge in [-0.3, -0.25) is 0 Å². The Morgan fingerprint density at radius 1 is 1.11 bits per heavy atom. The summed E-state index contributed by atoms with van der Waals surface area (Å²) in [5.41, 5.74) is 0.903. The summed E-state index contributed by atoms with van der Waals surface area (Å²) in [6.07, 6.45) is -0.373. The van der Waals surface area contributed by atoms with Gasteiger partial charge in [-0.05, 0) is 24.7 Å². The molecule has 0 spiro atoms. The zero-order valence-corrected chi connectivity index (χ0v) is 10.6. The van der Waals surface area contributed by atoms with Crippen molar-refractivity contribution in [3.05, 3.63) is 65.7 Å². The molecule has 1 atom stereocenters. The second kappa shape index (κ2) is 6.29. The Kier molecular flexibility index (Phi) is 4.47. The van der Waals surface area contributed by atoms with Gasteiger partial charge in [-0.25, -0.2) is 8.78 Å². The van der Waals surface area contributed by atoms with Gasteiger partial charge in [-0.15, -0.1) is 0 Å². The summed E-state index contributed by atoms with van der Waals surface area (Å²) in [4.78, 5) is 0. The molecule has 2 aromatic carbocycles. The molecule has 0 fully saturated rings. The second-order valence-electron chi connectivity index (χ2n) is 4.15. The summed E-state index contributed by atoms with van der Waals surface area (Å²) in [5.74, 6) is -1.17. The molecule has 100 valence electrons. The van der Waals surface area contributed by atoms with Crippen LogP contribution in [0, 0.1) is 11.6 Å². The van der Waals surface area contributed by atoms with Crippen LogP contribution in [0.1, 0.15) is 11.7 Å². The maximum absolute atomic E-state index is 13.6. The highest BCUT2D eigenvalue weighted by atomic mass is 19.1. The van der Waals surface area contributed by atoms with Gasteiger partial charge in [0.1, 0.15) is 11.9 Å². The summed E-state index contributed by atoms with van der Waals surface area (Å²) >= 11 is 0. The van der Waals surface area contributed by atoms with E-state index in [1.807, 2.05) is 30.3 Å². The van der Waals surface area contributed by atoms with E-state index in [0.717, 1.165) is 23.8 Å². The van der Waals surface area contributed by atoms with Gasteiger partial charge in [-0.1, -0.05) is 30.3 Å². The van der Waals surface area contributed by atoms with Gasteiger partial charge >= 0.3 is 0 Å². The Morgan fingerprint density at radius 2 is 1.84 bits per heavy atom. The molecular formula is C15H15F2NO. The first-order chi connectivity index (χ1) is 9.20. The van der Waals surface area contributed by atoms with Crippen LogP contribution in [0.3, 0.4) is 0 Å². The van der Waals surface area contributed by atoms with Crippen LogP contribution in [0.25, 0.3) is 0 Å². The topological polar surface area (TPSA) is 21.3 Å². The minimum Gasteiger partial charge on any atom is -0.481 e. The van der Waals surface area contributed by atoms with E-state index < -0.39 is 11.6 Å². The maximum atomic E-state index is 13.6. The number of likely N-dealkylation sites (N-methyl/N-ethyl adjacent to an activating group) is 1. The van der Waals surface area contributed by atoms with Crippen LogP contribution in [0.15, 0.2) is 48.5 Å². The normalized spacial score (nSPS) is 12.2. The van der Waals surface area contributed by atoms with Crippen molar-refractivity contribution in [2.24, 2.45) is 0 Å². The first-order valence-electron chi connectivity index (χ1n) is 6.02. The largest absolute Gasteiger partial charge is 0.481 e. The molecule has 4 heteroatoms. The van der Waals surface area contributed by atoms with E-state index in [1.54, 1.807) is 7.05 Å². The molecule has 0 aliphatic rings. The number of hydrogen-bond donors (Lipinski definition) is 1. The molecule has 0 heterocycles. The molecule has 1 unspecified atom stereocenters. The molecular weight excluding hydrogens is 248 g/mol. The summed E-state index contributed by atoms with van der Waals surface area (Å²) in [5, 5.41) is 2.98. The van der Waals surface area contributed by atoms with Crippen LogP contribution < -0.4 is 10.1 Å². The summed E-state index contributed by atoms with van der Waals surface area (Å²) < 4.78 is 32.3. The molecule has 0 bridgehead atoms. The molecule has 0 saturated heterocycles. The van der Waals surface area contributed by atoms with Gasteiger partial charge in [-0.2, -0.15) is 0 Å². The van der Waals surface area contributed by atoms with Crippen LogP contribution in [0.4, 0.5) is 8.78 Å². The molecule has 0 aliphatic carbocycles. The first-order valence-corrected chi connectivity index (χ1v) is 6.02. The van der Waals surface area contributed by atoms with Crippen LogP contribution in [-0.4, -0.2) is 13.6 Å². The van der Waals surface area contributed by atoms with Crippen molar-refractivity contribution in [1.82, 2.24) is 5.32 Å². The SMILES string of the molecule is CNCC(Oc1cc(F)ccc1F)c1ccccc1. The van der Waals surface area contributed by atoms with Crippen molar-refractivity contribution in [3.8, 4) is 5.75 Å².